The fourth-order valence-electron chi connectivity index (χ4n) is 3.29. The lowest BCUT2D eigenvalue weighted by molar-refractivity contribution is -0.131. The van der Waals surface area contributed by atoms with Crippen LogP contribution in [0.5, 0.6) is 0 Å². The summed E-state index contributed by atoms with van der Waals surface area (Å²) >= 11 is 0. The van der Waals surface area contributed by atoms with Crippen LogP contribution in [0, 0.1) is 0 Å². The van der Waals surface area contributed by atoms with Crippen molar-refractivity contribution in [2.45, 2.75) is 45.7 Å². The van der Waals surface area contributed by atoms with Crippen molar-refractivity contribution in [1.82, 2.24) is 14.0 Å². The lowest BCUT2D eigenvalue weighted by atomic mass is 10.2. The van der Waals surface area contributed by atoms with Crippen LogP contribution in [0.1, 0.15) is 32.6 Å². The van der Waals surface area contributed by atoms with Gasteiger partial charge in [0.25, 0.3) is 0 Å². The Morgan fingerprint density at radius 1 is 1.00 bits per heavy atom. The van der Waals surface area contributed by atoms with Gasteiger partial charge in [-0.3, -0.25) is 13.9 Å². The number of carbonyl (C=O) groups excluding carboxylic acids is 1. The first-order valence-corrected chi connectivity index (χ1v) is 8.18. The van der Waals surface area contributed by atoms with Gasteiger partial charge in [0.2, 0.25) is 5.91 Å². The molecule has 0 radical (unpaired) electrons. The normalized spacial score (nSPS) is 16.0. The zero-order valence-electron chi connectivity index (χ0n) is 13.1. The van der Waals surface area contributed by atoms with Crippen LogP contribution in [-0.4, -0.2) is 33.0 Å². The predicted molar refractivity (Wildman–Crippen MR) is 86.9 cm³/mol. The topological polar surface area (TPSA) is 47.2 Å². The Kier molecular flexibility index (Phi) is 4.32. The summed E-state index contributed by atoms with van der Waals surface area (Å²) in [6, 6.07) is 7.69. The highest BCUT2D eigenvalue weighted by Crippen LogP contribution is 2.14. The summed E-state index contributed by atoms with van der Waals surface area (Å²) in [6.45, 7) is 4.35. The van der Waals surface area contributed by atoms with Gasteiger partial charge in [0.1, 0.15) is 6.54 Å². The number of hydrogen-bond acceptors (Lipinski definition) is 2. The van der Waals surface area contributed by atoms with Crippen LogP contribution in [-0.2, 0) is 17.9 Å². The van der Waals surface area contributed by atoms with Gasteiger partial charge < -0.3 is 4.90 Å². The molecular weight excluding hydrogens is 278 g/mol. The van der Waals surface area contributed by atoms with E-state index < -0.39 is 0 Å². The monoisotopic (exact) mass is 301 g/mol. The van der Waals surface area contributed by atoms with Crippen molar-refractivity contribution in [1.29, 1.82) is 0 Å². The van der Waals surface area contributed by atoms with Crippen molar-refractivity contribution >= 4 is 16.9 Å². The Labute approximate surface area is 130 Å². The minimum absolute atomic E-state index is 0.0583. The summed E-state index contributed by atoms with van der Waals surface area (Å²) in [4.78, 5) is 27.0. The number of carbonyl (C=O) groups is 1. The van der Waals surface area contributed by atoms with Crippen molar-refractivity contribution in [3.63, 3.8) is 0 Å². The minimum Gasteiger partial charge on any atom is -0.341 e. The Morgan fingerprint density at radius 2 is 1.59 bits per heavy atom. The molecule has 118 valence electrons. The van der Waals surface area contributed by atoms with Crippen LogP contribution in [0.3, 0.4) is 0 Å². The maximum atomic E-state index is 12.6. The van der Waals surface area contributed by atoms with Gasteiger partial charge >= 0.3 is 5.69 Å². The van der Waals surface area contributed by atoms with E-state index in [0.29, 0.717) is 6.54 Å². The Balaban J connectivity index is 1.92. The Morgan fingerprint density at radius 3 is 2.18 bits per heavy atom. The van der Waals surface area contributed by atoms with Gasteiger partial charge in [-0.1, -0.05) is 25.0 Å². The molecule has 0 atom stereocenters. The van der Waals surface area contributed by atoms with E-state index in [1.165, 1.54) is 12.8 Å². The minimum atomic E-state index is -0.0909. The second-order valence-electron chi connectivity index (χ2n) is 5.90. The van der Waals surface area contributed by atoms with Gasteiger partial charge in [0.05, 0.1) is 11.0 Å². The maximum Gasteiger partial charge on any atom is 0.329 e. The molecule has 3 rings (SSSR count). The second-order valence-corrected chi connectivity index (χ2v) is 5.90. The molecule has 1 saturated heterocycles. The van der Waals surface area contributed by atoms with Crippen molar-refractivity contribution < 1.29 is 4.79 Å². The van der Waals surface area contributed by atoms with E-state index in [0.717, 1.165) is 37.0 Å². The first-order chi connectivity index (χ1) is 10.7. The highest BCUT2D eigenvalue weighted by atomic mass is 16.2. The van der Waals surface area contributed by atoms with Crippen LogP contribution >= 0.6 is 0 Å². The van der Waals surface area contributed by atoms with E-state index in [-0.39, 0.29) is 18.1 Å². The molecule has 1 fully saturated rings. The molecule has 1 aromatic heterocycles. The van der Waals surface area contributed by atoms with Gasteiger partial charge in [-0.05, 0) is 31.9 Å². The van der Waals surface area contributed by atoms with E-state index >= 15 is 0 Å². The number of nitrogens with zero attached hydrogens (tertiary/aromatic N) is 3. The number of hydrogen-bond donors (Lipinski definition) is 0. The highest BCUT2D eigenvalue weighted by molar-refractivity contribution is 5.81. The molecule has 1 amide bonds. The molecule has 0 spiro atoms. The van der Waals surface area contributed by atoms with Crippen LogP contribution in [0.15, 0.2) is 29.1 Å². The maximum absolute atomic E-state index is 12.6. The summed E-state index contributed by atoms with van der Waals surface area (Å²) in [6.07, 6.45) is 4.52. The Bertz CT molecular complexity index is 721. The summed E-state index contributed by atoms with van der Waals surface area (Å²) in [5.41, 5.74) is 1.66. The molecule has 1 aliphatic rings. The number of aromatic nitrogens is 2. The number of amides is 1. The molecule has 0 bridgehead atoms. The van der Waals surface area contributed by atoms with Crippen molar-refractivity contribution in [2.75, 3.05) is 13.1 Å². The Hall–Kier alpha value is -2.04. The summed E-state index contributed by atoms with van der Waals surface area (Å²) in [5, 5.41) is 0. The molecule has 0 saturated carbocycles. The molecule has 5 nitrogen and oxygen atoms in total. The second kappa shape index (κ2) is 6.38. The van der Waals surface area contributed by atoms with Crippen molar-refractivity contribution in [3.8, 4) is 0 Å². The molecule has 0 N–H and O–H groups in total. The molecule has 1 aromatic carbocycles. The summed E-state index contributed by atoms with van der Waals surface area (Å²) in [7, 11) is 0. The fourth-order valence-corrected chi connectivity index (χ4v) is 3.29. The molecule has 5 heteroatoms. The molecular formula is C17H23N3O2. The third-order valence-electron chi connectivity index (χ3n) is 4.49. The van der Waals surface area contributed by atoms with Crippen LogP contribution < -0.4 is 5.69 Å². The van der Waals surface area contributed by atoms with E-state index in [9.17, 15) is 9.59 Å². The van der Waals surface area contributed by atoms with E-state index in [1.54, 1.807) is 9.13 Å². The summed E-state index contributed by atoms with van der Waals surface area (Å²) < 4.78 is 3.34. The number of fused-ring (bicyclic) bond motifs is 1. The molecule has 2 heterocycles. The zero-order chi connectivity index (χ0) is 15.5. The van der Waals surface area contributed by atoms with Crippen molar-refractivity contribution in [3.05, 3.63) is 34.7 Å². The molecule has 0 unspecified atom stereocenters. The van der Waals surface area contributed by atoms with Gasteiger partial charge in [-0.25, -0.2) is 4.79 Å². The standard InChI is InChI=1S/C17H23N3O2/c1-2-19-14-9-5-6-10-15(14)20(17(19)22)13-16(21)18-11-7-3-4-8-12-18/h5-6,9-10H,2-4,7-8,11-13H2,1H3. The van der Waals surface area contributed by atoms with Gasteiger partial charge in [-0.15, -0.1) is 0 Å². The third-order valence-corrected chi connectivity index (χ3v) is 4.49. The van der Waals surface area contributed by atoms with Gasteiger partial charge in [-0.2, -0.15) is 0 Å². The third kappa shape index (κ3) is 2.67. The number of aryl methyl sites for hydroxylation is 1. The van der Waals surface area contributed by atoms with Gasteiger partial charge in [0.15, 0.2) is 0 Å². The quantitative estimate of drug-likeness (QED) is 0.873. The molecule has 0 aliphatic carbocycles. The number of likely N-dealkylation sites (tertiary alicyclic amines) is 1. The van der Waals surface area contributed by atoms with E-state index in [2.05, 4.69) is 0 Å². The molecule has 2 aromatic rings. The number of benzene rings is 1. The SMILES string of the molecule is CCn1c(=O)n(CC(=O)N2CCCCCC2)c2ccccc21. The smallest absolute Gasteiger partial charge is 0.329 e. The largest absolute Gasteiger partial charge is 0.341 e. The van der Waals surface area contributed by atoms with Crippen molar-refractivity contribution in [2.24, 2.45) is 0 Å². The highest BCUT2D eigenvalue weighted by Gasteiger charge is 2.19. The van der Waals surface area contributed by atoms with Crippen LogP contribution in [0.2, 0.25) is 0 Å². The average Bonchev–Trinajstić information content (AvgIpc) is 2.73. The number of para-hydroxylation sites is 2. The number of rotatable bonds is 3. The molecule has 1 aliphatic heterocycles. The lowest BCUT2D eigenvalue weighted by Crippen LogP contribution is -2.37. The number of imidazole rings is 1. The van der Waals surface area contributed by atoms with Crippen LogP contribution in [0.25, 0.3) is 11.0 Å². The average molecular weight is 301 g/mol. The molecule has 22 heavy (non-hydrogen) atoms. The van der Waals surface area contributed by atoms with Crippen LogP contribution in [0.4, 0.5) is 0 Å². The predicted octanol–water partition coefficient (Wildman–Crippen LogP) is 2.23. The van der Waals surface area contributed by atoms with E-state index in [4.69, 9.17) is 0 Å². The first kappa shape index (κ1) is 14.9. The van der Waals surface area contributed by atoms with E-state index in [1.807, 2.05) is 36.1 Å². The first-order valence-electron chi connectivity index (χ1n) is 8.18. The van der Waals surface area contributed by atoms with Gasteiger partial charge in [0, 0.05) is 19.6 Å². The lowest BCUT2D eigenvalue weighted by Gasteiger charge is -2.20. The fraction of sp³-hybridized carbons (Fsp3) is 0.529. The zero-order valence-corrected chi connectivity index (χ0v) is 13.1. The summed E-state index contributed by atoms with van der Waals surface area (Å²) in [5.74, 6) is 0.0583.